The van der Waals surface area contributed by atoms with Crippen molar-refractivity contribution in [2.24, 2.45) is 0 Å². The Morgan fingerprint density at radius 2 is 2.04 bits per heavy atom. The van der Waals surface area contributed by atoms with Crippen LogP contribution in [0, 0.1) is 0 Å². The van der Waals surface area contributed by atoms with Gasteiger partial charge in [0.2, 0.25) is 5.91 Å². The minimum absolute atomic E-state index is 0.115. The van der Waals surface area contributed by atoms with Crippen molar-refractivity contribution in [2.75, 3.05) is 10.8 Å². The van der Waals surface area contributed by atoms with Crippen molar-refractivity contribution in [3.63, 3.8) is 0 Å². The Hall–Kier alpha value is -1.82. The number of carbonyl (C=O) groups is 1. The van der Waals surface area contributed by atoms with Crippen LogP contribution in [-0.2, 0) is 11.3 Å². The molecule has 7 heteroatoms. The van der Waals surface area contributed by atoms with E-state index in [2.05, 4.69) is 4.98 Å². The molecule has 0 radical (unpaired) electrons. The van der Waals surface area contributed by atoms with Crippen molar-refractivity contribution in [2.45, 2.75) is 6.54 Å². The maximum absolute atomic E-state index is 12.1. The monoisotopic (exact) mass is 366 g/mol. The van der Waals surface area contributed by atoms with Gasteiger partial charge >= 0.3 is 0 Å². The highest BCUT2D eigenvalue weighted by molar-refractivity contribution is 7.14. The van der Waals surface area contributed by atoms with Crippen LogP contribution in [0.3, 0.4) is 0 Å². The lowest BCUT2D eigenvalue weighted by Crippen LogP contribution is -2.31. The Balaban J connectivity index is 1.88. The van der Waals surface area contributed by atoms with Crippen molar-refractivity contribution in [3.05, 3.63) is 58.8 Å². The van der Waals surface area contributed by atoms with Crippen LogP contribution < -0.4 is 4.90 Å². The third kappa shape index (κ3) is 3.75. The van der Waals surface area contributed by atoms with Crippen LogP contribution in [0.2, 0.25) is 5.02 Å². The number of hydrogen-bond donors (Lipinski definition) is 0. The predicted octanol–water partition coefficient (Wildman–Crippen LogP) is 4.83. The molecule has 1 aromatic carbocycles. The molecular weight excluding hydrogens is 355 g/mol. The Morgan fingerprint density at radius 1 is 1.26 bits per heavy atom. The minimum atomic E-state index is -0.222. The van der Waals surface area contributed by atoms with Crippen LogP contribution >= 0.6 is 34.5 Å². The van der Waals surface area contributed by atoms with Gasteiger partial charge in [-0.25, -0.2) is 4.98 Å². The highest BCUT2D eigenvalue weighted by Gasteiger charge is 2.20. The fraction of sp³-hybridized carbons (Fsp3) is 0.125. The van der Waals surface area contributed by atoms with Crippen LogP contribution in [0.5, 0.6) is 0 Å². The van der Waals surface area contributed by atoms with E-state index < -0.39 is 0 Å². The number of rotatable bonds is 5. The molecule has 0 spiro atoms. The molecule has 0 N–H and O–H groups in total. The number of aromatic nitrogens is 1. The zero-order valence-electron chi connectivity index (χ0n) is 11.9. The molecule has 118 valence electrons. The number of hydrogen-bond acceptors (Lipinski definition) is 4. The summed E-state index contributed by atoms with van der Waals surface area (Å²) in [6.45, 7) is 0.298. The van der Waals surface area contributed by atoms with Gasteiger partial charge in [0.05, 0.1) is 18.5 Å². The van der Waals surface area contributed by atoms with Crippen molar-refractivity contribution in [1.82, 2.24) is 4.98 Å². The number of anilines is 1. The zero-order valence-corrected chi connectivity index (χ0v) is 14.2. The molecule has 2 heterocycles. The van der Waals surface area contributed by atoms with Gasteiger partial charge in [0.1, 0.15) is 11.6 Å². The minimum Gasteiger partial charge on any atom is -0.467 e. The van der Waals surface area contributed by atoms with E-state index in [4.69, 9.17) is 27.6 Å². The highest BCUT2D eigenvalue weighted by atomic mass is 35.5. The lowest BCUT2D eigenvalue weighted by molar-refractivity contribution is -0.116. The largest absolute Gasteiger partial charge is 0.467 e. The Kier molecular flexibility index (Phi) is 5.00. The topological polar surface area (TPSA) is 46.3 Å². The normalized spacial score (nSPS) is 10.7. The van der Waals surface area contributed by atoms with E-state index in [0.717, 1.165) is 11.3 Å². The number of nitrogens with zero attached hydrogens (tertiary/aromatic N) is 2. The lowest BCUT2D eigenvalue weighted by atomic mass is 10.2. The lowest BCUT2D eigenvalue weighted by Gasteiger charge is -2.17. The van der Waals surface area contributed by atoms with Gasteiger partial charge < -0.3 is 4.42 Å². The smallest absolute Gasteiger partial charge is 0.244 e. The molecule has 0 aliphatic heterocycles. The standard InChI is InChI=1S/C16H12Cl2N2O2S/c17-8-15(21)20(9-13-2-1-7-22-13)16-19-14(10-23-16)11-3-5-12(18)6-4-11/h1-7,10H,8-9H2. The van der Waals surface area contributed by atoms with Crippen LogP contribution in [0.4, 0.5) is 5.13 Å². The summed E-state index contributed by atoms with van der Waals surface area (Å²) in [4.78, 5) is 18.2. The first-order valence-corrected chi connectivity index (χ1v) is 8.57. The van der Waals surface area contributed by atoms with Crippen molar-refractivity contribution >= 4 is 45.6 Å². The van der Waals surface area contributed by atoms with Gasteiger partial charge in [-0.15, -0.1) is 22.9 Å². The molecule has 0 fully saturated rings. The maximum Gasteiger partial charge on any atom is 0.244 e. The number of halogens is 2. The molecule has 0 aliphatic rings. The molecule has 0 bridgehead atoms. The van der Waals surface area contributed by atoms with Gasteiger partial charge in [-0.2, -0.15) is 0 Å². The van der Waals surface area contributed by atoms with Gasteiger partial charge in [0.25, 0.3) is 0 Å². The molecular formula is C16H12Cl2N2O2S. The summed E-state index contributed by atoms with van der Waals surface area (Å²) in [5.41, 5.74) is 1.72. The van der Waals surface area contributed by atoms with E-state index in [9.17, 15) is 4.79 Å². The van der Waals surface area contributed by atoms with Gasteiger partial charge in [-0.05, 0) is 24.3 Å². The average molecular weight is 367 g/mol. The maximum atomic E-state index is 12.1. The van der Waals surface area contributed by atoms with E-state index in [1.807, 2.05) is 23.6 Å². The van der Waals surface area contributed by atoms with E-state index in [-0.39, 0.29) is 11.8 Å². The number of carbonyl (C=O) groups excluding carboxylic acids is 1. The van der Waals surface area contributed by atoms with Crippen molar-refractivity contribution in [3.8, 4) is 11.3 Å². The summed E-state index contributed by atoms with van der Waals surface area (Å²) in [5, 5.41) is 3.15. The Bertz CT molecular complexity index is 785. The molecule has 3 rings (SSSR count). The summed E-state index contributed by atoms with van der Waals surface area (Å²) in [7, 11) is 0. The van der Waals surface area contributed by atoms with Crippen LogP contribution in [-0.4, -0.2) is 16.8 Å². The van der Waals surface area contributed by atoms with E-state index >= 15 is 0 Å². The van der Waals surface area contributed by atoms with Crippen molar-refractivity contribution < 1.29 is 9.21 Å². The Labute approximate surface area is 147 Å². The average Bonchev–Trinajstić information content (AvgIpc) is 3.24. The first-order chi connectivity index (χ1) is 11.2. The highest BCUT2D eigenvalue weighted by Crippen LogP contribution is 2.29. The summed E-state index contributed by atoms with van der Waals surface area (Å²) in [5.74, 6) is 0.336. The molecule has 23 heavy (non-hydrogen) atoms. The number of alkyl halides is 1. The van der Waals surface area contributed by atoms with Crippen LogP contribution in [0.25, 0.3) is 11.3 Å². The van der Waals surface area contributed by atoms with Gasteiger partial charge in [0.15, 0.2) is 5.13 Å². The number of amides is 1. The molecule has 2 aromatic heterocycles. The van der Waals surface area contributed by atoms with Gasteiger partial charge in [0, 0.05) is 16.0 Å². The summed E-state index contributed by atoms with van der Waals surface area (Å²) < 4.78 is 5.31. The molecule has 1 amide bonds. The molecule has 0 aliphatic carbocycles. The van der Waals surface area contributed by atoms with Crippen LogP contribution in [0.15, 0.2) is 52.5 Å². The third-order valence-electron chi connectivity index (χ3n) is 3.17. The molecule has 0 saturated heterocycles. The van der Waals surface area contributed by atoms with Gasteiger partial charge in [-0.1, -0.05) is 23.7 Å². The molecule has 0 saturated carbocycles. The first kappa shape index (κ1) is 16.1. The molecule has 0 atom stereocenters. The molecule has 3 aromatic rings. The van der Waals surface area contributed by atoms with Crippen molar-refractivity contribution in [1.29, 1.82) is 0 Å². The van der Waals surface area contributed by atoms with Crippen LogP contribution in [0.1, 0.15) is 5.76 Å². The SMILES string of the molecule is O=C(CCl)N(Cc1ccco1)c1nc(-c2ccc(Cl)cc2)cs1. The molecule has 4 nitrogen and oxygen atoms in total. The fourth-order valence-electron chi connectivity index (χ4n) is 2.03. The first-order valence-electron chi connectivity index (χ1n) is 6.77. The summed E-state index contributed by atoms with van der Waals surface area (Å²) in [6.07, 6.45) is 1.57. The Morgan fingerprint density at radius 3 is 2.70 bits per heavy atom. The summed E-state index contributed by atoms with van der Waals surface area (Å²) in [6, 6.07) is 11.0. The number of furan rings is 1. The summed E-state index contributed by atoms with van der Waals surface area (Å²) >= 11 is 13.0. The fourth-order valence-corrected chi connectivity index (χ4v) is 3.16. The number of thiazole rings is 1. The predicted molar refractivity (Wildman–Crippen MR) is 93.2 cm³/mol. The van der Waals surface area contributed by atoms with E-state index in [0.29, 0.717) is 22.5 Å². The van der Waals surface area contributed by atoms with Gasteiger partial charge in [-0.3, -0.25) is 9.69 Å². The number of benzene rings is 1. The second-order valence-electron chi connectivity index (χ2n) is 4.72. The second-order valence-corrected chi connectivity index (χ2v) is 6.26. The molecule has 0 unspecified atom stereocenters. The third-order valence-corrected chi connectivity index (χ3v) is 4.52. The zero-order chi connectivity index (χ0) is 16.2. The quantitative estimate of drug-likeness (QED) is 0.607. The second kappa shape index (κ2) is 7.17. The van der Waals surface area contributed by atoms with E-state index in [1.165, 1.54) is 16.2 Å². The van der Waals surface area contributed by atoms with E-state index in [1.54, 1.807) is 24.5 Å².